The van der Waals surface area contributed by atoms with E-state index < -0.39 is 40.0 Å². The Kier molecular flexibility index (Phi) is 7.29. The summed E-state index contributed by atoms with van der Waals surface area (Å²) in [4.78, 5) is 17.4. The van der Waals surface area contributed by atoms with Crippen molar-refractivity contribution in [3.63, 3.8) is 0 Å². The SMILES string of the molecule is Cc1cc(I)ccc1Nc1c(C(=O)NOCC(C)(C)CO)cc(F)c(F)c1F. The van der Waals surface area contributed by atoms with Crippen molar-refractivity contribution in [2.24, 2.45) is 5.41 Å². The fraction of sp³-hybridized carbons (Fsp3) is 0.316. The molecule has 152 valence electrons. The van der Waals surface area contributed by atoms with Crippen LogP contribution in [0.2, 0.25) is 0 Å². The van der Waals surface area contributed by atoms with Crippen LogP contribution in [-0.4, -0.2) is 24.2 Å². The molecule has 0 saturated carbocycles. The molecule has 0 fully saturated rings. The standard InChI is InChI=1S/C19H20F3IN2O3/c1-10-6-11(23)4-5-14(10)24-17-12(7-13(20)15(21)16(17)22)18(27)25-28-9-19(2,3)8-26/h4-7,24,26H,8-9H2,1-3H3,(H,25,27). The Morgan fingerprint density at radius 1 is 1.21 bits per heavy atom. The van der Waals surface area contributed by atoms with Crippen molar-refractivity contribution in [3.05, 3.63) is 56.4 Å². The molecule has 0 aliphatic heterocycles. The van der Waals surface area contributed by atoms with E-state index in [1.54, 1.807) is 39.0 Å². The maximum atomic E-state index is 14.4. The minimum Gasteiger partial charge on any atom is -0.396 e. The summed E-state index contributed by atoms with van der Waals surface area (Å²) in [7, 11) is 0. The summed E-state index contributed by atoms with van der Waals surface area (Å²) < 4.78 is 42.8. The van der Waals surface area contributed by atoms with Crippen molar-refractivity contribution in [2.45, 2.75) is 20.8 Å². The molecule has 5 nitrogen and oxygen atoms in total. The molecule has 0 aliphatic rings. The van der Waals surface area contributed by atoms with E-state index >= 15 is 0 Å². The molecule has 0 saturated heterocycles. The zero-order chi connectivity index (χ0) is 21.1. The van der Waals surface area contributed by atoms with Gasteiger partial charge in [0.15, 0.2) is 17.5 Å². The van der Waals surface area contributed by atoms with Crippen LogP contribution in [0, 0.1) is 33.4 Å². The summed E-state index contributed by atoms with van der Waals surface area (Å²) in [6.07, 6.45) is 0. The Balaban J connectivity index is 2.34. The second kappa shape index (κ2) is 9.10. The predicted molar refractivity (Wildman–Crippen MR) is 108 cm³/mol. The molecule has 0 heterocycles. The molecule has 0 radical (unpaired) electrons. The lowest BCUT2D eigenvalue weighted by Crippen LogP contribution is -2.32. The number of hydrogen-bond acceptors (Lipinski definition) is 4. The van der Waals surface area contributed by atoms with Crippen LogP contribution in [0.4, 0.5) is 24.5 Å². The molecule has 1 amide bonds. The first-order chi connectivity index (χ1) is 13.1. The van der Waals surface area contributed by atoms with Crippen LogP contribution >= 0.6 is 22.6 Å². The Labute approximate surface area is 174 Å². The van der Waals surface area contributed by atoms with Gasteiger partial charge in [0.25, 0.3) is 5.91 Å². The van der Waals surface area contributed by atoms with E-state index in [0.29, 0.717) is 11.8 Å². The van der Waals surface area contributed by atoms with Gasteiger partial charge in [-0.15, -0.1) is 0 Å². The van der Waals surface area contributed by atoms with Gasteiger partial charge >= 0.3 is 0 Å². The normalized spacial score (nSPS) is 11.4. The third-order valence-corrected chi connectivity index (χ3v) is 4.58. The summed E-state index contributed by atoms with van der Waals surface area (Å²) >= 11 is 2.10. The van der Waals surface area contributed by atoms with Gasteiger partial charge in [0.05, 0.1) is 24.5 Å². The first-order valence-corrected chi connectivity index (χ1v) is 9.37. The molecule has 0 aromatic heterocycles. The number of aryl methyl sites for hydroxylation is 1. The number of rotatable bonds is 7. The maximum absolute atomic E-state index is 14.4. The van der Waals surface area contributed by atoms with Gasteiger partial charge in [-0.05, 0) is 59.3 Å². The van der Waals surface area contributed by atoms with Crippen LogP contribution < -0.4 is 10.8 Å². The molecule has 0 aliphatic carbocycles. The lowest BCUT2D eigenvalue weighted by atomic mass is 9.97. The number of amides is 1. The van der Waals surface area contributed by atoms with E-state index in [1.165, 1.54) is 0 Å². The van der Waals surface area contributed by atoms with Gasteiger partial charge in [0, 0.05) is 14.7 Å². The second-order valence-electron chi connectivity index (χ2n) is 7.04. The van der Waals surface area contributed by atoms with Gasteiger partial charge < -0.3 is 10.4 Å². The highest BCUT2D eigenvalue weighted by Gasteiger charge is 2.24. The van der Waals surface area contributed by atoms with Crippen molar-refractivity contribution >= 4 is 39.9 Å². The van der Waals surface area contributed by atoms with Gasteiger partial charge in [0.2, 0.25) is 0 Å². The quantitative estimate of drug-likeness (QED) is 0.294. The first kappa shape index (κ1) is 22.4. The Morgan fingerprint density at radius 3 is 2.50 bits per heavy atom. The lowest BCUT2D eigenvalue weighted by Gasteiger charge is -2.21. The van der Waals surface area contributed by atoms with Crippen molar-refractivity contribution in [1.29, 1.82) is 0 Å². The molecule has 28 heavy (non-hydrogen) atoms. The van der Waals surface area contributed by atoms with Crippen molar-refractivity contribution in [3.8, 4) is 0 Å². The van der Waals surface area contributed by atoms with E-state index in [4.69, 9.17) is 4.84 Å². The summed E-state index contributed by atoms with van der Waals surface area (Å²) in [6, 6.07) is 5.78. The van der Waals surface area contributed by atoms with Crippen LogP contribution in [0.25, 0.3) is 0 Å². The molecular weight excluding hydrogens is 488 g/mol. The van der Waals surface area contributed by atoms with Crippen LogP contribution in [0.5, 0.6) is 0 Å². The molecule has 0 unspecified atom stereocenters. The van der Waals surface area contributed by atoms with Gasteiger partial charge in [-0.25, -0.2) is 18.7 Å². The average Bonchev–Trinajstić information content (AvgIpc) is 2.63. The largest absolute Gasteiger partial charge is 0.396 e. The fourth-order valence-corrected chi connectivity index (χ4v) is 2.84. The highest BCUT2D eigenvalue weighted by molar-refractivity contribution is 14.1. The number of anilines is 2. The van der Waals surface area contributed by atoms with Crippen molar-refractivity contribution < 1.29 is 27.9 Å². The summed E-state index contributed by atoms with van der Waals surface area (Å²) in [6.45, 7) is 4.91. The number of halogens is 4. The average molecular weight is 508 g/mol. The summed E-state index contributed by atoms with van der Waals surface area (Å²) in [5, 5.41) is 11.9. The number of benzene rings is 2. The molecule has 0 atom stereocenters. The molecular formula is C19H20F3IN2O3. The minimum absolute atomic E-state index is 0.0413. The highest BCUT2D eigenvalue weighted by atomic mass is 127. The minimum atomic E-state index is -1.69. The number of carbonyl (C=O) groups is 1. The highest BCUT2D eigenvalue weighted by Crippen LogP contribution is 2.30. The van der Waals surface area contributed by atoms with Gasteiger partial charge in [-0.2, -0.15) is 0 Å². The Morgan fingerprint density at radius 2 is 1.89 bits per heavy atom. The van der Waals surface area contributed by atoms with Crippen LogP contribution in [-0.2, 0) is 4.84 Å². The lowest BCUT2D eigenvalue weighted by molar-refractivity contribution is -0.0197. The van der Waals surface area contributed by atoms with E-state index in [1.807, 2.05) is 0 Å². The number of aliphatic hydroxyl groups is 1. The van der Waals surface area contributed by atoms with Crippen LogP contribution in [0.1, 0.15) is 29.8 Å². The van der Waals surface area contributed by atoms with Gasteiger partial charge in [0.1, 0.15) is 0 Å². The summed E-state index contributed by atoms with van der Waals surface area (Å²) in [5.41, 5.74) is 1.62. The molecule has 2 aromatic carbocycles. The predicted octanol–water partition coefficient (Wildman–Crippen LogP) is 4.44. The summed E-state index contributed by atoms with van der Waals surface area (Å²) in [5.74, 6) is -5.66. The molecule has 2 aromatic rings. The zero-order valence-electron chi connectivity index (χ0n) is 15.5. The van der Waals surface area contributed by atoms with Gasteiger partial charge in [-0.3, -0.25) is 9.63 Å². The third kappa shape index (κ3) is 5.36. The van der Waals surface area contributed by atoms with E-state index in [0.717, 1.165) is 9.13 Å². The van der Waals surface area contributed by atoms with Gasteiger partial charge in [-0.1, -0.05) is 13.8 Å². The smallest absolute Gasteiger partial charge is 0.277 e. The van der Waals surface area contributed by atoms with Crippen molar-refractivity contribution in [1.82, 2.24) is 5.48 Å². The number of hydroxylamine groups is 1. The Hall–Kier alpha value is -1.85. The number of nitrogens with one attached hydrogen (secondary N) is 2. The van der Waals surface area contributed by atoms with E-state index in [9.17, 15) is 23.1 Å². The first-order valence-electron chi connectivity index (χ1n) is 8.29. The van der Waals surface area contributed by atoms with E-state index in [-0.39, 0.29) is 13.2 Å². The van der Waals surface area contributed by atoms with Crippen molar-refractivity contribution in [2.75, 3.05) is 18.5 Å². The molecule has 0 bridgehead atoms. The van der Waals surface area contributed by atoms with E-state index in [2.05, 4.69) is 33.4 Å². The fourth-order valence-electron chi connectivity index (χ4n) is 2.20. The molecule has 9 heteroatoms. The van der Waals surface area contributed by atoms with Crippen LogP contribution in [0.15, 0.2) is 24.3 Å². The molecule has 0 spiro atoms. The Bertz CT molecular complexity index is 891. The maximum Gasteiger partial charge on any atom is 0.277 e. The number of hydrogen-bond donors (Lipinski definition) is 3. The molecule has 3 N–H and O–H groups in total. The number of aliphatic hydroxyl groups excluding tert-OH is 1. The zero-order valence-corrected chi connectivity index (χ0v) is 17.7. The number of carbonyl (C=O) groups excluding carboxylic acids is 1. The van der Waals surface area contributed by atoms with Crippen LogP contribution in [0.3, 0.4) is 0 Å². The molecule has 2 rings (SSSR count). The topological polar surface area (TPSA) is 70.6 Å². The third-order valence-electron chi connectivity index (χ3n) is 3.91. The monoisotopic (exact) mass is 508 g/mol. The second-order valence-corrected chi connectivity index (χ2v) is 8.28.